The van der Waals surface area contributed by atoms with Gasteiger partial charge in [-0.3, -0.25) is 4.68 Å². The largest absolute Gasteiger partial charge is 0.309 e. The summed E-state index contributed by atoms with van der Waals surface area (Å²) in [6, 6.07) is 17.5. The number of hydrogen-bond acceptors (Lipinski definition) is 2. The molecule has 0 spiro atoms. The van der Waals surface area contributed by atoms with Crippen molar-refractivity contribution in [1.82, 2.24) is 15.1 Å². The number of rotatable bonds is 5. The minimum Gasteiger partial charge on any atom is -0.309 e. The number of nitrogens with zero attached hydrogens (tertiary/aromatic N) is 2. The van der Waals surface area contributed by atoms with E-state index in [1.807, 2.05) is 4.68 Å². The Morgan fingerprint density at radius 3 is 2.71 bits per heavy atom. The third-order valence-electron chi connectivity index (χ3n) is 3.60. The Labute approximate surface area is 125 Å². The second-order valence-corrected chi connectivity index (χ2v) is 5.68. The summed E-state index contributed by atoms with van der Waals surface area (Å²) >= 11 is 0. The smallest absolute Gasteiger partial charge is 0.0762 e. The van der Waals surface area contributed by atoms with Gasteiger partial charge < -0.3 is 5.32 Å². The Bertz CT molecular complexity index is 723. The molecule has 0 unspecified atom stereocenters. The van der Waals surface area contributed by atoms with Crippen molar-refractivity contribution in [1.29, 1.82) is 0 Å². The third kappa shape index (κ3) is 3.31. The van der Waals surface area contributed by atoms with Gasteiger partial charge in [-0.15, -0.1) is 0 Å². The quantitative estimate of drug-likeness (QED) is 0.773. The molecule has 0 aliphatic carbocycles. The van der Waals surface area contributed by atoms with Gasteiger partial charge in [0.05, 0.1) is 12.2 Å². The average Bonchev–Trinajstić information content (AvgIpc) is 2.93. The fourth-order valence-corrected chi connectivity index (χ4v) is 2.50. The fourth-order valence-electron chi connectivity index (χ4n) is 2.50. The molecular formula is C18H21N3. The first-order valence-corrected chi connectivity index (χ1v) is 7.45. The summed E-state index contributed by atoms with van der Waals surface area (Å²) in [7, 11) is 0. The molecule has 1 heterocycles. The monoisotopic (exact) mass is 279 g/mol. The molecule has 0 atom stereocenters. The third-order valence-corrected chi connectivity index (χ3v) is 3.60. The topological polar surface area (TPSA) is 29.9 Å². The summed E-state index contributed by atoms with van der Waals surface area (Å²) < 4.78 is 2.01. The molecule has 1 N–H and O–H groups in total. The molecule has 0 fully saturated rings. The Kier molecular flexibility index (Phi) is 4.02. The molecule has 0 radical (unpaired) electrons. The normalized spacial score (nSPS) is 11.4. The van der Waals surface area contributed by atoms with E-state index in [0.29, 0.717) is 6.04 Å². The summed E-state index contributed by atoms with van der Waals surface area (Å²) in [6.45, 7) is 5.92. The molecule has 0 aliphatic heterocycles. The molecule has 3 heteroatoms. The minimum absolute atomic E-state index is 0.480. The maximum atomic E-state index is 4.64. The van der Waals surface area contributed by atoms with Crippen molar-refractivity contribution in [2.75, 3.05) is 0 Å². The summed E-state index contributed by atoms with van der Waals surface area (Å²) in [5.41, 5.74) is 2.39. The zero-order chi connectivity index (χ0) is 14.7. The zero-order valence-corrected chi connectivity index (χ0v) is 12.6. The molecule has 0 aliphatic rings. The zero-order valence-electron chi connectivity index (χ0n) is 12.6. The van der Waals surface area contributed by atoms with E-state index in [1.165, 1.54) is 16.3 Å². The van der Waals surface area contributed by atoms with Gasteiger partial charge in [-0.05, 0) is 22.4 Å². The van der Waals surface area contributed by atoms with E-state index in [2.05, 4.69) is 79.0 Å². The molecule has 1 aromatic heterocycles. The molecule has 0 saturated carbocycles. The van der Waals surface area contributed by atoms with Crippen LogP contribution in [0.25, 0.3) is 10.8 Å². The van der Waals surface area contributed by atoms with Crippen LogP contribution in [0.1, 0.15) is 25.1 Å². The molecule has 3 aromatic rings. The van der Waals surface area contributed by atoms with E-state index in [4.69, 9.17) is 0 Å². The number of nitrogens with one attached hydrogen (secondary N) is 1. The lowest BCUT2D eigenvalue weighted by atomic mass is 10.0. The van der Waals surface area contributed by atoms with Crippen LogP contribution in [0, 0.1) is 0 Å². The number of benzene rings is 2. The van der Waals surface area contributed by atoms with E-state index < -0.39 is 0 Å². The van der Waals surface area contributed by atoms with Crippen molar-refractivity contribution in [3.63, 3.8) is 0 Å². The highest BCUT2D eigenvalue weighted by atomic mass is 15.3. The van der Waals surface area contributed by atoms with Crippen molar-refractivity contribution in [3.05, 3.63) is 66.0 Å². The van der Waals surface area contributed by atoms with Gasteiger partial charge in [0.1, 0.15) is 0 Å². The molecule has 0 bridgehead atoms. The second-order valence-electron chi connectivity index (χ2n) is 5.68. The first-order chi connectivity index (χ1) is 10.2. The van der Waals surface area contributed by atoms with Gasteiger partial charge in [0.2, 0.25) is 0 Å². The Morgan fingerprint density at radius 1 is 1.05 bits per heavy atom. The van der Waals surface area contributed by atoms with Crippen LogP contribution in [0.15, 0.2) is 54.7 Å². The summed E-state index contributed by atoms with van der Waals surface area (Å²) in [5.74, 6) is 0. The van der Waals surface area contributed by atoms with Gasteiger partial charge in [0.25, 0.3) is 0 Å². The van der Waals surface area contributed by atoms with Gasteiger partial charge in [-0.2, -0.15) is 5.10 Å². The van der Waals surface area contributed by atoms with Crippen molar-refractivity contribution in [2.45, 2.75) is 33.0 Å². The van der Waals surface area contributed by atoms with Crippen LogP contribution in [-0.4, -0.2) is 15.8 Å². The van der Waals surface area contributed by atoms with Gasteiger partial charge in [-0.1, -0.05) is 56.3 Å². The molecule has 0 amide bonds. The lowest BCUT2D eigenvalue weighted by molar-refractivity contribution is 0.570. The lowest BCUT2D eigenvalue weighted by Crippen LogP contribution is -2.22. The van der Waals surface area contributed by atoms with Crippen LogP contribution in [0.3, 0.4) is 0 Å². The number of aromatic nitrogens is 2. The predicted octanol–water partition coefficient (Wildman–Crippen LogP) is 3.58. The highest BCUT2D eigenvalue weighted by Gasteiger charge is 2.04. The summed E-state index contributed by atoms with van der Waals surface area (Å²) in [6.07, 6.45) is 2.05. The van der Waals surface area contributed by atoms with E-state index in [1.54, 1.807) is 0 Å². The second kappa shape index (κ2) is 6.10. The fraction of sp³-hybridized carbons (Fsp3) is 0.278. The van der Waals surface area contributed by atoms with E-state index >= 15 is 0 Å². The summed E-state index contributed by atoms with van der Waals surface area (Å²) in [5, 5.41) is 10.6. The molecule has 0 saturated heterocycles. The van der Waals surface area contributed by atoms with Crippen LogP contribution in [0.2, 0.25) is 0 Å². The first-order valence-electron chi connectivity index (χ1n) is 7.45. The Hall–Kier alpha value is -2.13. The van der Waals surface area contributed by atoms with Crippen molar-refractivity contribution < 1.29 is 0 Å². The molecular weight excluding hydrogens is 258 g/mol. The van der Waals surface area contributed by atoms with E-state index in [-0.39, 0.29) is 0 Å². The highest BCUT2D eigenvalue weighted by Crippen LogP contribution is 2.19. The van der Waals surface area contributed by atoms with Gasteiger partial charge >= 0.3 is 0 Å². The van der Waals surface area contributed by atoms with Crippen molar-refractivity contribution in [3.8, 4) is 0 Å². The minimum atomic E-state index is 0.480. The Balaban J connectivity index is 1.79. The molecule has 2 aromatic carbocycles. The summed E-state index contributed by atoms with van der Waals surface area (Å²) in [4.78, 5) is 0. The van der Waals surface area contributed by atoms with Crippen LogP contribution in [0.4, 0.5) is 0 Å². The van der Waals surface area contributed by atoms with Gasteiger partial charge in [0, 0.05) is 18.8 Å². The number of hydrogen-bond donors (Lipinski definition) is 1. The lowest BCUT2D eigenvalue weighted by Gasteiger charge is -2.07. The first kappa shape index (κ1) is 13.8. The molecule has 21 heavy (non-hydrogen) atoms. The van der Waals surface area contributed by atoms with Crippen LogP contribution < -0.4 is 5.32 Å². The SMILES string of the molecule is CC(C)NCc1ccn(Cc2cccc3ccccc23)n1. The van der Waals surface area contributed by atoms with Gasteiger partial charge in [-0.25, -0.2) is 0 Å². The predicted molar refractivity (Wildman–Crippen MR) is 87.3 cm³/mol. The van der Waals surface area contributed by atoms with Gasteiger partial charge in [0.15, 0.2) is 0 Å². The van der Waals surface area contributed by atoms with Crippen LogP contribution in [-0.2, 0) is 13.1 Å². The van der Waals surface area contributed by atoms with Crippen LogP contribution >= 0.6 is 0 Å². The van der Waals surface area contributed by atoms with E-state index in [9.17, 15) is 0 Å². The maximum Gasteiger partial charge on any atom is 0.0762 e. The molecule has 3 rings (SSSR count). The maximum absolute atomic E-state index is 4.64. The van der Waals surface area contributed by atoms with Crippen molar-refractivity contribution in [2.24, 2.45) is 0 Å². The molecule has 3 nitrogen and oxygen atoms in total. The van der Waals surface area contributed by atoms with Crippen LogP contribution in [0.5, 0.6) is 0 Å². The Morgan fingerprint density at radius 2 is 1.86 bits per heavy atom. The standard InChI is InChI=1S/C18H21N3/c1-14(2)19-12-17-10-11-21(20-17)13-16-8-5-7-15-6-3-4-9-18(15)16/h3-11,14,19H,12-13H2,1-2H3. The van der Waals surface area contributed by atoms with E-state index in [0.717, 1.165) is 18.8 Å². The van der Waals surface area contributed by atoms with Crippen molar-refractivity contribution >= 4 is 10.8 Å². The molecule has 108 valence electrons. The number of fused-ring (bicyclic) bond motifs is 1. The highest BCUT2D eigenvalue weighted by molar-refractivity contribution is 5.85. The average molecular weight is 279 g/mol.